The average molecular weight is 460 g/mol. The van der Waals surface area contributed by atoms with Gasteiger partial charge in [0.2, 0.25) is 0 Å². The first kappa shape index (κ1) is 20.6. The molecule has 172 valence electrons. The summed E-state index contributed by atoms with van der Waals surface area (Å²) in [6, 6.07) is 15.6. The number of halogens is 2. The summed E-state index contributed by atoms with van der Waals surface area (Å²) in [5.41, 5.74) is 4.41. The van der Waals surface area contributed by atoms with Crippen LogP contribution in [0.4, 0.5) is 26.1 Å². The number of nitrogens with zero attached hydrogens (tertiary/aromatic N) is 3. The molecule has 1 fully saturated rings. The summed E-state index contributed by atoms with van der Waals surface area (Å²) >= 11 is 0. The van der Waals surface area contributed by atoms with Crippen LogP contribution in [-0.4, -0.2) is 46.7 Å². The van der Waals surface area contributed by atoms with Crippen molar-refractivity contribution < 1.29 is 13.5 Å². The highest BCUT2D eigenvalue weighted by Crippen LogP contribution is 2.30. The molecule has 2 aromatic heterocycles. The number of hydrogen-bond donors (Lipinski definition) is 3. The van der Waals surface area contributed by atoms with Crippen molar-refractivity contribution in [1.82, 2.24) is 20.4 Å². The first-order chi connectivity index (χ1) is 16.6. The van der Waals surface area contributed by atoms with Gasteiger partial charge in [0.25, 0.3) is 0 Å². The first-order valence-electron chi connectivity index (χ1n) is 11.1. The predicted molar refractivity (Wildman–Crippen MR) is 128 cm³/mol. The summed E-state index contributed by atoms with van der Waals surface area (Å²) in [7, 11) is 0. The third-order valence-electron chi connectivity index (χ3n) is 6.12. The van der Waals surface area contributed by atoms with Crippen molar-refractivity contribution in [2.24, 2.45) is 0 Å². The molecule has 6 rings (SSSR count). The monoisotopic (exact) mass is 460 g/mol. The van der Waals surface area contributed by atoms with Gasteiger partial charge in [0, 0.05) is 35.6 Å². The molecule has 0 amide bonds. The number of aromatic nitrogens is 4. The van der Waals surface area contributed by atoms with Gasteiger partial charge in [0.15, 0.2) is 11.6 Å². The Kier molecular flexibility index (Phi) is 5.10. The van der Waals surface area contributed by atoms with E-state index in [1.807, 2.05) is 24.3 Å². The lowest BCUT2D eigenvalue weighted by Gasteiger charge is -2.28. The Bertz CT molecular complexity index is 1470. The number of benzene rings is 3. The fraction of sp³-hybridized carbons (Fsp3) is 0.200. The number of rotatable bonds is 5. The molecule has 0 saturated carbocycles. The van der Waals surface area contributed by atoms with Crippen molar-refractivity contribution in [3.63, 3.8) is 0 Å². The number of H-pyrrole nitrogens is 2. The van der Waals surface area contributed by atoms with Crippen LogP contribution in [0.15, 0.2) is 54.6 Å². The second kappa shape index (κ2) is 8.42. The highest BCUT2D eigenvalue weighted by atomic mass is 19.1. The Morgan fingerprint density at radius 3 is 2.32 bits per heavy atom. The molecule has 9 heteroatoms. The van der Waals surface area contributed by atoms with E-state index in [0.29, 0.717) is 23.6 Å². The van der Waals surface area contributed by atoms with Crippen LogP contribution in [0.5, 0.6) is 0 Å². The molecule has 0 spiro atoms. The number of nitrogens with one attached hydrogen (secondary N) is 3. The summed E-state index contributed by atoms with van der Waals surface area (Å²) in [5.74, 6) is 0.148. The van der Waals surface area contributed by atoms with E-state index in [9.17, 15) is 8.78 Å². The Labute approximate surface area is 193 Å². The lowest BCUT2D eigenvalue weighted by molar-refractivity contribution is 0.122. The number of hydrogen-bond acceptors (Lipinski definition) is 5. The van der Waals surface area contributed by atoms with Crippen LogP contribution in [-0.2, 0) is 11.2 Å². The molecular weight excluding hydrogens is 438 g/mol. The van der Waals surface area contributed by atoms with Gasteiger partial charge >= 0.3 is 0 Å². The summed E-state index contributed by atoms with van der Waals surface area (Å²) in [6.45, 7) is 3.20. The molecule has 0 radical (unpaired) electrons. The van der Waals surface area contributed by atoms with Crippen molar-refractivity contribution in [2.45, 2.75) is 6.42 Å². The summed E-state index contributed by atoms with van der Waals surface area (Å²) in [5, 5.41) is 20.1. The van der Waals surface area contributed by atoms with E-state index >= 15 is 0 Å². The van der Waals surface area contributed by atoms with Gasteiger partial charge in [0.1, 0.15) is 11.6 Å². The van der Waals surface area contributed by atoms with Gasteiger partial charge < -0.3 is 15.0 Å². The highest BCUT2D eigenvalue weighted by Gasteiger charge is 2.15. The zero-order chi connectivity index (χ0) is 23.1. The fourth-order valence-electron chi connectivity index (χ4n) is 4.45. The van der Waals surface area contributed by atoms with Gasteiger partial charge in [-0.3, -0.25) is 10.2 Å². The van der Waals surface area contributed by atoms with Gasteiger partial charge in [-0.15, -0.1) is 0 Å². The Hall–Kier alpha value is -3.98. The second-order valence-corrected chi connectivity index (χ2v) is 8.43. The largest absolute Gasteiger partial charge is 0.378 e. The topological polar surface area (TPSA) is 81.9 Å². The molecule has 1 saturated heterocycles. The van der Waals surface area contributed by atoms with E-state index in [-0.39, 0.29) is 0 Å². The number of anilines is 3. The highest BCUT2D eigenvalue weighted by molar-refractivity contribution is 5.97. The maximum absolute atomic E-state index is 13.6. The Morgan fingerprint density at radius 2 is 1.53 bits per heavy atom. The smallest absolute Gasteiger partial charge is 0.161 e. The zero-order valence-corrected chi connectivity index (χ0v) is 18.2. The van der Waals surface area contributed by atoms with E-state index in [1.54, 1.807) is 0 Å². The molecule has 34 heavy (non-hydrogen) atoms. The van der Waals surface area contributed by atoms with Gasteiger partial charge in [-0.05, 0) is 60.0 Å². The van der Waals surface area contributed by atoms with Crippen LogP contribution in [0.3, 0.4) is 0 Å². The third kappa shape index (κ3) is 3.94. The predicted octanol–water partition coefficient (Wildman–Crippen LogP) is 4.89. The van der Waals surface area contributed by atoms with Crippen LogP contribution in [0.1, 0.15) is 11.1 Å². The summed E-state index contributed by atoms with van der Waals surface area (Å²) < 4.78 is 32.6. The maximum Gasteiger partial charge on any atom is 0.161 e. The minimum absolute atomic E-state index is 0.408. The van der Waals surface area contributed by atoms with Crippen LogP contribution in [0.25, 0.3) is 21.8 Å². The van der Waals surface area contributed by atoms with E-state index in [2.05, 4.69) is 42.7 Å². The Morgan fingerprint density at radius 1 is 0.794 bits per heavy atom. The van der Waals surface area contributed by atoms with Crippen molar-refractivity contribution in [3.8, 4) is 0 Å². The lowest BCUT2D eigenvalue weighted by atomic mass is 10.0. The average Bonchev–Trinajstić information content (AvgIpc) is 3.43. The van der Waals surface area contributed by atoms with Gasteiger partial charge in [-0.25, -0.2) is 8.78 Å². The molecule has 0 atom stereocenters. The molecular formula is C25H22F2N6O. The Balaban J connectivity index is 1.28. The standard InChI is InChI=1S/C25H22F2N6O/c26-17-10-16(11-18(27)13-17)9-15-1-4-22-21(12-15)25(32-29-22)28-24-20-3-2-19(14-23(20)30-31-24)33-5-7-34-8-6-33/h1-4,10-14H,5-9H2,(H3,28,29,30,31,32). The van der Waals surface area contributed by atoms with E-state index in [4.69, 9.17) is 4.74 Å². The molecule has 1 aliphatic heterocycles. The minimum atomic E-state index is -0.580. The molecule has 7 nitrogen and oxygen atoms in total. The normalized spacial score (nSPS) is 14.2. The SMILES string of the molecule is Fc1cc(F)cc(Cc2ccc3[nH]nc(Nc4n[nH]c5cc(N6CCOCC6)ccc45)c3c2)c1. The summed E-state index contributed by atoms with van der Waals surface area (Å²) in [4.78, 5) is 2.30. The molecule has 5 aromatic rings. The maximum atomic E-state index is 13.6. The van der Waals surface area contributed by atoms with E-state index < -0.39 is 11.6 Å². The van der Waals surface area contributed by atoms with Gasteiger partial charge in [-0.1, -0.05) is 6.07 Å². The first-order valence-corrected chi connectivity index (χ1v) is 11.1. The molecule has 0 aliphatic carbocycles. The van der Waals surface area contributed by atoms with E-state index in [1.165, 1.54) is 12.1 Å². The number of ether oxygens (including phenoxy) is 1. The second-order valence-electron chi connectivity index (χ2n) is 8.43. The van der Waals surface area contributed by atoms with Crippen molar-refractivity contribution in [3.05, 3.63) is 77.4 Å². The lowest BCUT2D eigenvalue weighted by Crippen LogP contribution is -2.36. The number of morpholine rings is 1. The third-order valence-corrected chi connectivity index (χ3v) is 6.12. The van der Waals surface area contributed by atoms with E-state index in [0.717, 1.165) is 65.4 Å². The van der Waals surface area contributed by atoms with Crippen LogP contribution in [0.2, 0.25) is 0 Å². The van der Waals surface area contributed by atoms with Crippen molar-refractivity contribution >= 4 is 39.1 Å². The number of fused-ring (bicyclic) bond motifs is 2. The molecule has 0 bridgehead atoms. The number of aromatic amines is 2. The fourth-order valence-corrected chi connectivity index (χ4v) is 4.45. The minimum Gasteiger partial charge on any atom is -0.378 e. The zero-order valence-electron chi connectivity index (χ0n) is 18.2. The summed E-state index contributed by atoms with van der Waals surface area (Å²) in [6.07, 6.45) is 0.408. The van der Waals surface area contributed by atoms with Crippen LogP contribution in [0, 0.1) is 11.6 Å². The molecule has 3 aromatic carbocycles. The molecule has 1 aliphatic rings. The van der Waals surface area contributed by atoms with Gasteiger partial charge in [-0.2, -0.15) is 10.2 Å². The van der Waals surface area contributed by atoms with Crippen LogP contribution < -0.4 is 10.2 Å². The van der Waals surface area contributed by atoms with Crippen molar-refractivity contribution in [1.29, 1.82) is 0 Å². The molecule has 3 heterocycles. The van der Waals surface area contributed by atoms with Crippen molar-refractivity contribution in [2.75, 3.05) is 36.5 Å². The van der Waals surface area contributed by atoms with Crippen LogP contribution >= 0.6 is 0 Å². The quantitative estimate of drug-likeness (QED) is 0.348. The van der Waals surface area contributed by atoms with Gasteiger partial charge in [0.05, 0.1) is 24.2 Å². The molecule has 3 N–H and O–H groups in total. The molecule has 0 unspecified atom stereocenters.